The van der Waals surface area contributed by atoms with Gasteiger partial charge in [0, 0.05) is 23.0 Å². The van der Waals surface area contributed by atoms with Crippen LogP contribution in [0.25, 0.3) is 21.7 Å². The Morgan fingerprint density at radius 2 is 1.74 bits per heavy atom. The van der Waals surface area contributed by atoms with Crippen molar-refractivity contribution in [1.82, 2.24) is 9.88 Å². The van der Waals surface area contributed by atoms with Crippen molar-refractivity contribution in [3.05, 3.63) is 94.9 Å². The van der Waals surface area contributed by atoms with Crippen LogP contribution in [0.5, 0.6) is 0 Å². The lowest BCUT2D eigenvalue weighted by Crippen LogP contribution is -2.44. The normalized spacial score (nSPS) is 22.2. The maximum Gasteiger partial charge on any atom is 0.262 e. The number of nitrogens with zero attached hydrogens (tertiary/aromatic N) is 1. The van der Waals surface area contributed by atoms with Crippen LogP contribution in [-0.4, -0.2) is 32.7 Å². The first kappa shape index (κ1) is 18.0. The second kappa shape index (κ2) is 6.32. The van der Waals surface area contributed by atoms with E-state index in [9.17, 15) is 14.7 Å². The van der Waals surface area contributed by atoms with Crippen LogP contribution in [0.2, 0.25) is 0 Å². The number of hydrogen-bond acceptors (Lipinski definition) is 3. The highest BCUT2D eigenvalue weighted by molar-refractivity contribution is 6.27. The van der Waals surface area contributed by atoms with E-state index >= 15 is 0 Å². The third kappa shape index (κ3) is 2.43. The van der Waals surface area contributed by atoms with Gasteiger partial charge in [-0.2, -0.15) is 0 Å². The molecule has 1 aromatic heterocycles. The number of carbonyl (C=O) groups excluding carboxylic acids is 2. The van der Waals surface area contributed by atoms with Crippen LogP contribution in [0.4, 0.5) is 0 Å². The second-order valence-electron chi connectivity index (χ2n) is 8.33. The highest BCUT2D eigenvalue weighted by Crippen LogP contribution is 2.45. The van der Waals surface area contributed by atoms with Gasteiger partial charge in [0.05, 0.1) is 6.04 Å². The maximum absolute atomic E-state index is 13.3. The van der Waals surface area contributed by atoms with Crippen molar-refractivity contribution in [2.24, 2.45) is 0 Å². The average Bonchev–Trinajstić information content (AvgIpc) is 3.27. The van der Waals surface area contributed by atoms with Crippen molar-refractivity contribution in [2.75, 3.05) is 0 Å². The number of aromatic nitrogens is 1. The maximum atomic E-state index is 13.3. The molecule has 2 atom stereocenters. The molecule has 1 fully saturated rings. The average molecular weight is 408 g/mol. The minimum absolute atomic E-state index is 0.0924. The number of benzene rings is 3. The number of para-hydroxylation sites is 1. The Hall–Kier alpha value is -3.86. The third-order valence-corrected chi connectivity index (χ3v) is 6.58. The molecule has 1 amide bonds. The number of rotatable bonds is 1. The van der Waals surface area contributed by atoms with E-state index < -0.39 is 18.0 Å². The smallest absolute Gasteiger partial charge is 0.262 e. The molecule has 3 heterocycles. The van der Waals surface area contributed by atoms with Crippen molar-refractivity contribution < 1.29 is 14.7 Å². The number of aromatic amines is 1. The lowest BCUT2D eigenvalue weighted by molar-refractivity contribution is -0.129. The van der Waals surface area contributed by atoms with Crippen LogP contribution in [-0.2, 0) is 16.0 Å². The highest BCUT2D eigenvalue weighted by Gasteiger charge is 2.52. The Bertz CT molecular complexity index is 1440. The van der Waals surface area contributed by atoms with Crippen LogP contribution in [0.1, 0.15) is 29.8 Å². The van der Waals surface area contributed by atoms with Gasteiger partial charge in [0.15, 0.2) is 5.78 Å². The SMILES string of the molecule is C/C(O)=C1\C(=O)[C@@H]2Cc3c([nH]c4ccccc34)[C@@H](c3ccc4ccccc4c3)N2C1=O. The molecule has 0 unspecified atom stereocenters. The lowest BCUT2D eigenvalue weighted by atomic mass is 9.88. The molecular formula is C26H20N2O3. The summed E-state index contributed by atoms with van der Waals surface area (Å²) in [6.07, 6.45) is 0.435. The van der Waals surface area contributed by atoms with Gasteiger partial charge in [-0.05, 0) is 41.0 Å². The molecule has 1 saturated heterocycles. The predicted octanol–water partition coefficient (Wildman–Crippen LogP) is 4.58. The summed E-state index contributed by atoms with van der Waals surface area (Å²) in [5.41, 5.74) is 3.84. The third-order valence-electron chi connectivity index (χ3n) is 6.58. The summed E-state index contributed by atoms with van der Waals surface area (Å²) >= 11 is 0. The van der Waals surface area contributed by atoms with Crippen LogP contribution >= 0.6 is 0 Å². The fourth-order valence-electron chi connectivity index (χ4n) is 5.20. The van der Waals surface area contributed by atoms with E-state index in [1.807, 2.05) is 54.6 Å². The molecule has 3 aromatic carbocycles. The van der Waals surface area contributed by atoms with Crippen molar-refractivity contribution in [3.8, 4) is 0 Å². The Morgan fingerprint density at radius 1 is 1.00 bits per heavy atom. The number of H-pyrrole nitrogens is 1. The van der Waals surface area contributed by atoms with Crippen LogP contribution in [0.3, 0.4) is 0 Å². The molecule has 5 heteroatoms. The Labute approximate surface area is 178 Å². The van der Waals surface area contributed by atoms with E-state index in [-0.39, 0.29) is 17.1 Å². The van der Waals surface area contributed by atoms with Gasteiger partial charge in [0.1, 0.15) is 17.4 Å². The number of nitrogens with one attached hydrogen (secondary N) is 1. The van der Waals surface area contributed by atoms with Crippen molar-refractivity contribution in [1.29, 1.82) is 0 Å². The first-order valence-electron chi connectivity index (χ1n) is 10.4. The largest absolute Gasteiger partial charge is 0.512 e. The molecular weight excluding hydrogens is 388 g/mol. The van der Waals surface area contributed by atoms with Crippen LogP contribution in [0, 0.1) is 0 Å². The van der Waals surface area contributed by atoms with E-state index in [2.05, 4.69) is 17.1 Å². The summed E-state index contributed by atoms with van der Waals surface area (Å²) < 4.78 is 0. The number of ketones is 1. The summed E-state index contributed by atoms with van der Waals surface area (Å²) in [6.45, 7) is 1.41. The number of Topliss-reactive ketones (excluding diaryl/α,β-unsaturated/α-hetero) is 1. The molecule has 4 aromatic rings. The van der Waals surface area contributed by atoms with E-state index in [4.69, 9.17) is 0 Å². The molecule has 0 spiro atoms. The fourth-order valence-corrected chi connectivity index (χ4v) is 5.20. The quantitative estimate of drug-likeness (QED) is 0.275. The minimum Gasteiger partial charge on any atom is -0.512 e. The van der Waals surface area contributed by atoms with Gasteiger partial charge in [0.2, 0.25) is 0 Å². The van der Waals surface area contributed by atoms with Gasteiger partial charge in [-0.3, -0.25) is 9.59 Å². The molecule has 2 N–H and O–H groups in total. The predicted molar refractivity (Wildman–Crippen MR) is 119 cm³/mol. The molecule has 0 radical (unpaired) electrons. The molecule has 0 saturated carbocycles. The van der Waals surface area contributed by atoms with E-state index in [0.717, 1.165) is 38.5 Å². The Kier molecular flexibility index (Phi) is 3.66. The topological polar surface area (TPSA) is 73.4 Å². The first-order valence-corrected chi connectivity index (χ1v) is 10.4. The number of allylic oxidation sites excluding steroid dienone is 1. The van der Waals surface area contributed by atoms with Crippen molar-refractivity contribution in [3.63, 3.8) is 0 Å². The Balaban J connectivity index is 1.63. The number of amides is 1. The second-order valence-corrected chi connectivity index (χ2v) is 8.33. The van der Waals surface area contributed by atoms with Gasteiger partial charge < -0.3 is 15.0 Å². The molecule has 0 bridgehead atoms. The van der Waals surface area contributed by atoms with Gasteiger partial charge >= 0.3 is 0 Å². The van der Waals surface area contributed by atoms with Crippen LogP contribution < -0.4 is 0 Å². The van der Waals surface area contributed by atoms with E-state index in [0.29, 0.717) is 6.42 Å². The van der Waals surface area contributed by atoms with Gasteiger partial charge in [-0.1, -0.05) is 54.6 Å². The molecule has 31 heavy (non-hydrogen) atoms. The zero-order valence-electron chi connectivity index (χ0n) is 16.9. The molecule has 6 rings (SSSR count). The zero-order chi connectivity index (χ0) is 21.3. The van der Waals surface area contributed by atoms with Gasteiger partial charge in [-0.15, -0.1) is 0 Å². The van der Waals surface area contributed by atoms with E-state index in [1.165, 1.54) is 6.92 Å². The van der Waals surface area contributed by atoms with E-state index in [1.54, 1.807) is 4.90 Å². The molecule has 152 valence electrons. The fraction of sp³-hybridized carbons (Fsp3) is 0.154. The van der Waals surface area contributed by atoms with Gasteiger partial charge in [0.25, 0.3) is 5.91 Å². The lowest BCUT2D eigenvalue weighted by Gasteiger charge is -2.37. The molecule has 5 nitrogen and oxygen atoms in total. The van der Waals surface area contributed by atoms with Crippen LogP contribution in [0.15, 0.2) is 78.1 Å². The summed E-state index contributed by atoms with van der Waals surface area (Å²) in [5, 5.41) is 13.3. The Morgan fingerprint density at radius 3 is 2.55 bits per heavy atom. The monoisotopic (exact) mass is 408 g/mol. The number of aliphatic hydroxyl groups is 1. The summed E-state index contributed by atoms with van der Waals surface area (Å²) in [5.74, 6) is -0.917. The van der Waals surface area contributed by atoms with Crippen molar-refractivity contribution in [2.45, 2.75) is 25.4 Å². The van der Waals surface area contributed by atoms with Crippen molar-refractivity contribution >= 4 is 33.4 Å². The minimum atomic E-state index is -0.618. The molecule has 2 aliphatic heterocycles. The molecule has 2 aliphatic rings. The zero-order valence-corrected chi connectivity index (χ0v) is 16.9. The number of carbonyl (C=O) groups is 2. The molecule has 0 aliphatic carbocycles. The van der Waals surface area contributed by atoms with Gasteiger partial charge in [-0.25, -0.2) is 0 Å². The summed E-state index contributed by atoms with van der Waals surface area (Å²) in [4.78, 5) is 31.7. The number of fused-ring (bicyclic) bond motifs is 5. The first-order chi connectivity index (χ1) is 15.0. The number of hydrogen-bond donors (Lipinski definition) is 2. The summed E-state index contributed by atoms with van der Waals surface area (Å²) in [7, 11) is 0. The summed E-state index contributed by atoms with van der Waals surface area (Å²) in [6, 6.07) is 21.2. The number of aliphatic hydroxyl groups excluding tert-OH is 1. The highest BCUT2D eigenvalue weighted by atomic mass is 16.3. The standard InChI is InChI=1S/C26H20N2O3/c1-14(29)22-25(30)21-13-19-18-8-4-5-9-20(18)27-23(19)24(28(21)26(22)31)17-11-10-15-6-2-3-7-16(15)12-17/h2-12,21,24,27,29H,13H2,1H3/b22-14-/t21-,24+/m0/s1.